The molecule has 0 aliphatic carbocycles. The molecule has 3 aromatic heterocycles. The number of rotatable bonds is 2. The molecule has 5 nitrogen and oxygen atoms in total. The molecule has 0 aliphatic rings. The van der Waals surface area contributed by atoms with Gasteiger partial charge in [-0.1, -0.05) is 6.07 Å². The van der Waals surface area contributed by atoms with Crippen LogP contribution in [0.1, 0.15) is 10.5 Å². The van der Waals surface area contributed by atoms with Gasteiger partial charge in [-0.05, 0) is 17.5 Å². The van der Waals surface area contributed by atoms with E-state index in [-0.39, 0.29) is 5.69 Å². The van der Waals surface area contributed by atoms with Gasteiger partial charge >= 0.3 is 0 Å². The molecule has 0 aromatic carbocycles. The summed E-state index contributed by atoms with van der Waals surface area (Å²) in [6.07, 6.45) is 1.77. The zero-order valence-corrected chi connectivity index (χ0v) is 9.52. The van der Waals surface area contributed by atoms with E-state index in [1.807, 2.05) is 23.6 Å². The number of aromatic nitrogens is 3. The molecule has 3 rings (SSSR count). The molecular weight excluding hydrogens is 236 g/mol. The number of carbonyl (C=O) groups is 1. The van der Waals surface area contributed by atoms with E-state index in [4.69, 9.17) is 5.73 Å². The second-order valence-corrected chi connectivity index (χ2v) is 4.43. The Bertz CT molecular complexity index is 687. The maximum Gasteiger partial charge on any atom is 0.269 e. The maximum atomic E-state index is 11.0. The number of amides is 1. The van der Waals surface area contributed by atoms with Gasteiger partial charge < -0.3 is 5.73 Å². The van der Waals surface area contributed by atoms with Crippen LogP contribution in [0.25, 0.3) is 16.2 Å². The van der Waals surface area contributed by atoms with Crippen LogP contribution in [0.2, 0.25) is 0 Å². The maximum absolute atomic E-state index is 11.0. The quantitative estimate of drug-likeness (QED) is 0.743. The van der Waals surface area contributed by atoms with Crippen molar-refractivity contribution in [3.63, 3.8) is 0 Å². The smallest absolute Gasteiger partial charge is 0.269 e. The molecule has 0 radical (unpaired) electrons. The first-order chi connectivity index (χ1) is 8.24. The van der Waals surface area contributed by atoms with Gasteiger partial charge in [0.25, 0.3) is 5.91 Å². The molecule has 0 aliphatic heterocycles. The molecule has 84 valence electrons. The lowest BCUT2D eigenvalue weighted by atomic mass is 10.3. The van der Waals surface area contributed by atoms with Crippen molar-refractivity contribution in [2.24, 2.45) is 5.73 Å². The minimum Gasteiger partial charge on any atom is -0.364 e. The summed E-state index contributed by atoms with van der Waals surface area (Å²) in [5, 5.41) is 6.01. The molecule has 17 heavy (non-hydrogen) atoms. The monoisotopic (exact) mass is 244 g/mol. The highest BCUT2D eigenvalue weighted by molar-refractivity contribution is 7.13. The lowest BCUT2D eigenvalue weighted by Gasteiger charge is -1.96. The van der Waals surface area contributed by atoms with E-state index in [2.05, 4.69) is 10.1 Å². The van der Waals surface area contributed by atoms with Gasteiger partial charge in [0.2, 0.25) is 0 Å². The number of carbonyl (C=O) groups excluding carboxylic acids is 1. The van der Waals surface area contributed by atoms with Crippen LogP contribution in [-0.2, 0) is 0 Å². The van der Waals surface area contributed by atoms with Crippen molar-refractivity contribution in [1.29, 1.82) is 0 Å². The van der Waals surface area contributed by atoms with E-state index in [1.54, 1.807) is 23.6 Å². The van der Waals surface area contributed by atoms with Gasteiger partial charge in [-0.3, -0.25) is 4.79 Å². The Labute approximate surface area is 101 Å². The van der Waals surface area contributed by atoms with Crippen LogP contribution in [0, 0.1) is 0 Å². The minimum atomic E-state index is -0.548. The van der Waals surface area contributed by atoms with Crippen molar-refractivity contribution >= 4 is 22.9 Å². The molecule has 3 heterocycles. The zero-order valence-electron chi connectivity index (χ0n) is 8.70. The molecule has 0 saturated carbocycles. The second kappa shape index (κ2) is 3.67. The van der Waals surface area contributed by atoms with Gasteiger partial charge in [0.15, 0.2) is 11.3 Å². The second-order valence-electron chi connectivity index (χ2n) is 3.49. The first-order valence-electron chi connectivity index (χ1n) is 4.94. The summed E-state index contributed by atoms with van der Waals surface area (Å²) in [4.78, 5) is 16.5. The highest BCUT2D eigenvalue weighted by Gasteiger charge is 2.09. The average Bonchev–Trinajstić information content (AvgIpc) is 2.97. The van der Waals surface area contributed by atoms with Crippen LogP contribution in [0.4, 0.5) is 0 Å². The Hall–Kier alpha value is -2.21. The molecule has 0 atom stereocenters. The van der Waals surface area contributed by atoms with Crippen molar-refractivity contribution in [3.05, 3.63) is 41.5 Å². The molecule has 2 N–H and O–H groups in total. The number of nitrogens with zero attached hydrogens (tertiary/aromatic N) is 3. The lowest BCUT2D eigenvalue weighted by Crippen LogP contribution is -2.11. The fourth-order valence-corrected chi connectivity index (χ4v) is 2.26. The summed E-state index contributed by atoms with van der Waals surface area (Å²) in [6.45, 7) is 0. The lowest BCUT2D eigenvalue weighted by molar-refractivity contribution is 0.0995. The topological polar surface area (TPSA) is 73.3 Å². The number of nitrogens with two attached hydrogens (primary N) is 1. The molecule has 0 bridgehead atoms. The Morgan fingerprint density at radius 2 is 2.29 bits per heavy atom. The number of primary amides is 1. The minimum absolute atomic E-state index is 0.223. The first-order valence-corrected chi connectivity index (χ1v) is 5.82. The van der Waals surface area contributed by atoms with Gasteiger partial charge in [0, 0.05) is 12.3 Å². The number of fused-ring (bicyclic) bond motifs is 1. The zero-order chi connectivity index (χ0) is 11.8. The summed E-state index contributed by atoms with van der Waals surface area (Å²) >= 11 is 1.61. The van der Waals surface area contributed by atoms with Crippen molar-refractivity contribution in [2.75, 3.05) is 0 Å². The van der Waals surface area contributed by atoms with Crippen molar-refractivity contribution in [3.8, 4) is 10.6 Å². The first kappa shape index (κ1) is 9.98. The third kappa shape index (κ3) is 1.68. The van der Waals surface area contributed by atoms with Crippen molar-refractivity contribution in [1.82, 2.24) is 14.6 Å². The normalized spacial score (nSPS) is 10.8. The molecule has 1 amide bonds. The molecule has 0 unspecified atom stereocenters. The number of thiophene rings is 1. The largest absolute Gasteiger partial charge is 0.364 e. The van der Waals surface area contributed by atoms with Gasteiger partial charge in [-0.15, -0.1) is 11.3 Å². The predicted octanol–water partition coefficient (Wildman–Crippen LogP) is 1.56. The van der Waals surface area contributed by atoms with Gasteiger partial charge in [-0.25, -0.2) is 9.50 Å². The van der Waals surface area contributed by atoms with Crippen molar-refractivity contribution in [2.45, 2.75) is 0 Å². The fourth-order valence-electron chi connectivity index (χ4n) is 1.56. The summed E-state index contributed by atoms with van der Waals surface area (Å²) in [7, 11) is 0. The van der Waals surface area contributed by atoms with E-state index in [9.17, 15) is 4.79 Å². The highest BCUT2D eigenvalue weighted by atomic mass is 32.1. The van der Waals surface area contributed by atoms with Gasteiger partial charge in [0.05, 0.1) is 10.6 Å². The molecule has 0 fully saturated rings. The highest BCUT2D eigenvalue weighted by Crippen LogP contribution is 2.22. The molecular formula is C11H8N4OS. The summed E-state index contributed by atoms with van der Waals surface area (Å²) < 4.78 is 1.54. The van der Waals surface area contributed by atoms with E-state index < -0.39 is 5.91 Å². The molecule has 0 spiro atoms. The van der Waals surface area contributed by atoms with E-state index in [0.29, 0.717) is 5.65 Å². The Morgan fingerprint density at radius 1 is 1.41 bits per heavy atom. The summed E-state index contributed by atoms with van der Waals surface area (Å²) in [5.74, 6) is -0.548. The van der Waals surface area contributed by atoms with Crippen LogP contribution < -0.4 is 5.73 Å². The van der Waals surface area contributed by atoms with E-state index >= 15 is 0 Å². The van der Waals surface area contributed by atoms with Crippen LogP contribution in [0.5, 0.6) is 0 Å². The summed E-state index contributed by atoms with van der Waals surface area (Å²) in [5.41, 5.74) is 6.87. The SMILES string of the molecule is NC(=O)c1cc2nc(-c3cccs3)ccn2n1. The average molecular weight is 244 g/mol. The van der Waals surface area contributed by atoms with Crippen LogP contribution in [0.3, 0.4) is 0 Å². The van der Waals surface area contributed by atoms with Crippen LogP contribution in [0.15, 0.2) is 35.8 Å². The standard InChI is InChI=1S/C11H8N4OS/c12-11(16)8-6-10-13-7(3-4-15(10)14-8)9-2-1-5-17-9/h1-6H,(H2,12,16). The Morgan fingerprint density at radius 3 is 3.00 bits per heavy atom. The van der Waals surface area contributed by atoms with Crippen LogP contribution in [-0.4, -0.2) is 20.5 Å². The van der Waals surface area contributed by atoms with E-state index in [0.717, 1.165) is 10.6 Å². The van der Waals surface area contributed by atoms with Crippen LogP contribution >= 0.6 is 11.3 Å². The summed E-state index contributed by atoms with van der Waals surface area (Å²) in [6, 6.07) is 7.40. The Balaban J connectivity index is 2.16. The molecule has 6 heteroatoms. The number of hydrogen-bond acceptors (Lipinski definition) is 4. The van der Waals surface area contributed by atoms with Gasteiger partial charge in [0.1, 0.15) is 0 Å². The Kier molecular flexibility index (Phi) is 2.15. The fraction of sp³-hybridized carbons (Fsp3) is 0. The number of hydrogen-bond donors (Lipinski definition) is 1. The third-order valence-corrected chi connectivity index (χ3v) is 3.24. The van der Waals surface area contributed by atoms with E-state index in [1.165, 1.54) is 4.52 Å². The third-order valence-electron chi connectivity index (χ3n) is 2.35. The van der Waals surface area contributed by atoms with Gasteiger partial charge in [-0.2, -0.15) is 5.10 Å². The molecule has 0 saturated heterocycles. The molecule has 3 aromatic rings. The van der Waals surface area contributed by atoms with Crippen molar-refractivity contribution < 1.29 is 4.79 Å². The predicted molar refractivity (Wildman–Crippen MR) is 64.8 cm³/mol.